The smallest absolute Gasteiger partial charge is 0.237 e. The maximum Gasteiger partial charge on any atom is 0.237 e. The van der Waals surface area contributed by atoms with Gasteiger partial charge >= 0.3 is 0 Å². The number of nitrogens with zero attached hydrogens (tertiary/aromatic N) is 4. The van der Waals surface area contributed by atoms with Crippen LogP contribution in [0.5, 0.6) is 0 Å². The number of thiophene rings is 1. The molecule has 0 bridgehead atoms. The van der Waals surface area contributed by atoms with E-state index in [0.717, 1.165) is 25.7 Å². The van der Waals surface area contributed by atoms with Crippen LogP contribution in [0.25, 0.3) is 20.7 Å². The van der Waals surface area contributed by atoms with E-state index in [1.807, 2.05) is 19.9 Å². The Bertz CT molecular complexity index is 1040. The summed E-state index contributed by atoms with van der Waals surface area (Å²) in [7, 11) is 0. The van der Waals surface area contributed by atoms with Crippen molar-refractivity contribution in [3.8, 4) is 10.4 Å². The van der Waals surface area contributed by atoms with Crippen molar-refractivity contribution < 1.29 is 8.91 Å². The van der Waals surface area contributed by atoms with Crippen LogP contribution in [0.1, 0.15) is 31.5 Å². The first-order valence-corrected chi connectivity index (χ1v) is 9.86. The monoisotopic (exact) mass is 386 g/mol. The van der Waals surface area contributed by atoms with Gasteiger partial charge in [-0.25, -0.2) is 14.4 Å². The van der Waals surface area contributed by atoms with Gasteiger partial charge in [0.25, 0.3) is 0 Å². The van der Waals surface area contributed by atoms with Crippen LogP contribution in [0.2, 0.25) is 0 Å². The molecule has 8 heteroatoms. The molecule has 0 saturated heterocycles. The first kappa shape index (κ1) is 17.1. The number of fused-ring (bicyclic) bond motifs is 1. The molecule has 0 radical (unpaired) electrons. The minimum absolute atomic E-state index is 0.235. The van der Waals surface area contributed by atoms with Gasteiger partial charge in [-0.05, 0) is 23.8 Å². The fraction of sp³-hybridized carbons (Fsp3) is 0.222. The number of rotatable bonds is 5. The third-order valence-corrected chi connectivity index (χ3v) is 6.02. The molecule has 3 heterocycles. The van der Waals surface area contributed by atoms with Crippen molar-refractivity contribution in [3.63, 3.8) is 0 Å². The van der Waals surface area contributed by atoms with Crippen LogP contribution < -0.4 is 0 Å². The van der Waals surface area contributed by atoms with E-state index in [9.17, 15) is 4.39 Å². The minimum atomic E-state index is -0.244. The molecule has 0 aliphatic heterocycles. The standard InChI is InChI=1S/C18H15FN4OS2/c1-10(2)17-22-15(24-23-17)8-25-18-16-13(20-9-21-18)7-14(26-16)11-3-5-12(19)6-4-11/h3-7,9-10H,8H2,1-2H3. The molecule has 0 saturated carbocycles. The average Bonchev–Trinajstić information content (AvgIpc) is 3.27. The van der Waals surface area contributed by atoms with Gasteiger partial charge in [-0.1, -0.05) is 42.9 Å². The van der Waals surface area contributed by atoms with Crippen LogP contribution in [0, 0.1) is 5.82 Å². The molecule has 0 aliphatic carbocycles. The van der Waals surface area contributed by atoms with E-state index < -0.39 is 0 Å². The minimum Gasteiger partial charge on any atom is -0.338 e. The van der Waals surface area contributed by atoms with Crippen molar-refractivity contribution in [2.24, 2.45) is 0 Å². The lowest BCUT2D eigenvalue weighted by molar-refractivity contribution is 0.383. The number of hydrogen-bond acceptors (Lipinski definition) is 7. The quantitative estimate of drug-likeness (QED) is 0.343. The maximum absolute atomic E-state index is 13.1. The highest BCUT2D eigenvalue weighted by Crippen LogP contribution is 2.37. The van der Waals surface area contributed by atoms with Crippen molar-refractivity contribution in [2.45, 2.75) is 30.5 Å². The lowest BCUT2D eigenvalue weighted by Crippen LogP contribution is -1.90. The van der Waals surface area contributed by atoms with Gasteiger partial charge < -0.3 is 4.52 Å². The predicted molar refractivity (Wildman–Crippen MR) is 101 cm³/mol. The average molecular weight is 386 g/mol. The van der Waals surface area contributed by atoms with Crippen molar-refractivity contribution >= 4 is 33.3 Å². The lowest BCUT2D eigenvalue weighted by atomic mass is 10.2. The molecule has 0 aliphatic rings. The zero-order valence-corrected chi connectivity index (χ0v) is 15.8. The highest BCUT2D eigenvalue weighted by molar-refractivity contribution is 7.98. The third kappa shape index (κ3) is 3.47. The molecule has 0 atom stereocenters. The lowest BCUT2D eigenvalue weighted by Gasteiger charge is -1.98. The Hall–Kier alpha value is -2.32. The van der Waals surface area contributed by atoms with E-state index in [0.29, 0.717) is 17.5 Å². The van der Waals surface area contributed by atoms with Crippen LogP contribution in [0.3, 0.4) is 0 Å². The third-order valence-electron chi connectivity index (χ3n) is 3.74. The second-order valence-electron chi connectivity index (χ2n) is 6.00. The molecule has 0 spiro atoms. The maximum atomic E-state index is 13.1. The first-order valence-electron chi connectivity index (χ1n) is 8.06. The van der Waals surface area contributed by atoms with E-state index in [4.69, 9.17) is 4.52 Å². The van der Waals surface area contributed by atoms with E-state index in [1.165, 1.54) is 12.1 Å². The van der Waals surface area contributed by atoms with Crippen molar-refractivity contribution in [3.05, 3.63) is 54.2 Å². The molecule has 0 unspecified atom stereocenters. The Morgan fingerprint density at radius 2 is 2.00 bits per heavy atom. The summed E-state index contributed by atoms with van der Waals surface area (Å²) in [5.41, 5.74) is 1.84. The van der Waals surface area contributed by atoms with Crippen molar-refractivity contribution in [1.29, 1.82) is 0 Å². The van der Waals surface area contributed by atoms with Crippen molar-refractivity contribution in [1.82, 2.24) is 20.1 Å². The van der Waals surface area contributed by atoms with Crippen molar-refractivity contribution in [2.75, 3.05) is 0 Å². The van der Waals surface area contributed by atoms with E-state index >= 15 is 0 Å². The Morgan fingerprint density at radius 3 is 2.73 bits per heavy atom. The predicted octanol–water partition coefficient (Wildman–Crippen LogP) is 5.30. The number of benzene rings is 1. The van der Waals surface area contributed by atoms with Crippen LogP contribution in [-0.4, -0.2) is 20.1 Å². The number of hydrogen-bond donors (Lipinski definition) is 0. The summed E-state index contributed by atoms with van der Waals surface area (Å²) < 4.78 is 19.4. The molecule has 0 N–H and O–H groups in total. The van der Waals surface area contributed by atoms with Gasteiger partial charge in [0.2, 0.25) is 5.89 Å². The van der Waals surface area contributed by atoms with Crippen LogP contribution >= 0.6 is 23.1 Å². The normalized spacial score (nSPS) is 11.5. The summed E-state index contributed by atoms with van der Waals surface area (Å²) in [6.45, 7) is 4.05. The summed E-state index contributed by atoms with van der Waals surface area (Å²) in [6, 6.07) is 8.47. The Morgan fingerprint density at radius 1 is 1.19 bits per heavy atom. The zero-order chi connectivity index (χ0) is 18.1. The Kier molecular flexibility index (Phi) is 4.69. The Balaban J connectivity index is 1.59. The second kappa shape index (κ2) is 7.13. The second-order valence-corrected chi connectivity index (χ2v) is 8.02. The van der Waals surface area contributed by atoms with Gasteiger partial charge in [-0.3, -0.25) is 0 Å². The van der Waals surface area contributed by atoms with Crippen LogP contribution in [-0.2, 0) is 5.75 Å². The topological polar surface area (TPSA) is 64.7 Å². The molecule has 1 aromatic carbocycles. The van der Waals surface area contributed by atoms with E-state index in [-0.39, 0.29) is 11.7 Å². The molecular weight excluding hydrogens is 371 g/mol. The summed E-state index contributed by atoms with van der Waals surface area (Å²) in [6.07, 6.45) is 1.55. The van der Waals surface area contributed by atoms with Gasteiger partial charge in [0.15, 0.2) is 5.82 Å². The molecule has 5 nitrogen and oxygen atoms in total. The SMILES string of the molecule is CC(C)c1noc(CSc2ncnc3cc(-c4ccc(F)cc4)sc23)n1. The molecule has 4 rings (SSSR count). The van der Waals surface area contributed by atoms with Gasteiger partial charge in [-0.2, -0.15) is 4.98 Å². The molecule has 132 valence electrons. The molecule has 26 heavy (non-hydrogen) atoms. The first-order chi connectivity index (χ1) is 12.6. The molecule has 3 aromatic heterocycles. The highest BCUT2D eigenvalue weighted by atomic mass is 32.2. The van der Waals surface area contributed by atoms with Crippen LogP contribution in [0.4, 0.5) is 4.39 Å². The molecule has 0 amide bonds. The zero-order valence-electron chi connectivity index (χ0n) is 14.1. The van der Waals surface area contributed by atoms with E-state index in [1.54, 1.807) is 41.6 Å². The van der Waals surface area contributed by atoms with Gasteiger partial charge in [0.05, 0.1) is 16.0 Å². The summed E-state index contributed by atoms with van der Waals surface area (Å²) >= 11 is 3.14. The summed E-state index contributed by atoms with van der Waals surface area (Å²) in [4.78, 5) is 14.2. The molecule has 0 fully saturated rings. The summed E-state index contributed by atoms with van der Waals surface area (Å²) in [5.74, 6) is 1.84. The van der Waals surface area contributed by atoms with Gasteiger partial charge in [-0.15, -0.1) is 11.3 Å². The number of aromatic nitrogens is 4. The molecule has 4 aromatic rings. The summed E-state index contributed by atoms with van der Waals surface area (Å²) in [5, 5.41) is 4.85. The fourth-order valence-corrected chi connectivity index (χ4v) is 4.42. The van der Waals surface area contributed by atoms with E-state index in [2.05, 4.69) is 20.1 Å². The number of halogens is 1. The number of thioether (sulfide) groups is 1. The van der Waals surface area contributed by atoms with Gasteiger partial charge in [0.1, 0.15) is 17.2 Å². The van der Waals surface area contributed by atoms with Gasteiger partial charge in [0, 0.05) is 10.8 Å². The van der Waals surface area contributed by atoms with Crippen LogP contribution in [0.15, 0.2) is 46.2 Å². The highest BCUT2D eigenvalue weighted by Gasteiger charge is 2.14. The Labute approximate surface area is 157 Å². The largest absolute Gasteiger partial charge is 0.338 e. The molecular formula is C18H15FN4OS2. The fourth-order valence-electron chi connectivity index (χ4n) is 2.38.